The number of carbonyl (C=O) groups is 1. The molecular formula is C18H18F6N6O. The fourth-order valence-corrected chi connectivity index (χ4v) is 2.36. The Bertz CT molecular complexity index is 900. The lowest BCUT2D eigenvalue weighted by Crippen LogP contribution is -2.34. The fraction of sp³-hybridized carbons (Fsp3) is 0.278. The Labute approximate surface area is 172 Å². The van der Waals surface area contributed by atoms with E-state index >= 15 is 0 Å². The van der Waals surface area contributed by atoms with E-state index < -0.39 is 46.8 Å². The predicted molar refractivity (Wildman–Crippen MR) is 102 cm³/mol. The van der Waals surface area contributed by atoms with Crippen molar-refractivity contribution in [3.8, 4) is 0 Å². The van der Waals surface area contributed by atoms with Crippen molar-refractivity contribution < 1.29 is 31.1 Å². The van der Waals surface area contributed by atoms with E-state index in [1.54, 1.807) is 19.3 Å². The molecule has 1 aromatic rings. The third kappa shape index (κ3) is 7.04. The third-order valence-electron chi connectivity index (χ3n) is 3.88. The summed E-state index contributed by atoms with van der Waals surface area (Å²) in [5.74, 6) is -1.18. The van der Waals surface area contributed by atoms with Crippen LogP contribution in [-0.2, 0) is 17.1 Å². The molecule has 0 radical (unpaired) electrons. The van der Waals surface area contributed by atoms with Gasteiger partial charge in [-0.25, -0.2) is 0 Å². The second kappa shape index (κ2) is 9.53. The number of nitrogens with two attached hydrogens (primary N) is 1. The maximum atomic E-state index is 12.9. The molecule has 0 aromatic heterocycles. The van der Waals surface area contributed by atoms with Crippen LogP contribution in [0.2, 0.25) is 0 Å². The molecule has 0 fully saturated rings. The lowest BCUT2D eigenvalue weighted by Gasteiger charge is -2.15. The van der Waals surface area contributed by atoms with Gasteiger partial charge < -0.3 is 16.4 Å². The van der Waals surface area contributed by atoms with E-state index in [1.807, 2.05) is 0 Å². The molecule has 1 atom stereocenters. The van der Waals surface area contributed by atoms with Crippen molar-refractivity contribution in [3.05, 3.63) is 59.1 Å². The largest absolute Gasteiger partial charge is 0.416 e. The van der Waals surface area contributed by atoms with Crippen LogP contribution in [0.4, 0.5) is 26.3 Å². The molecule has 1 unspecified atom stereocenters. The van der Waals surface area contributed by atoms with Gasteiger partial charge in [0.25, 0.3) is 0 Å². The molecule has 7 nitrogen and oxygen atoms in total. The van der Waals surface area contributed by atoms with Crippen LogP contribution in [0.1, 0.15) is 23.6 Å². The van der Waals surface area contributed by atoms with Gasteiger partial charge in [-0.15, -0.1) is 0 Å². The number of amidine groups is 1. The van der Waals surface area contributed by atoms with Gasteiger partial charge in [0.1, 0.15) is 0 Å². The number of amides is 1. The Morgan fingerprint density at radius 3 is 2.32 bits per heavy atom. The molecule has 0 bridgehead atoms. The maximum absolute atomic E-state index is 12.9. The SMILES string of the molecule is CC(NC(=O)/C=C\N/N=C(\N)c1cc(C(F)(F)F)cc(C(F)(F)F)c1)C1=CNCC=N1. The van der Waals surface area contributed by atoms with E-state index in [9.17, 15) is 31.1 Å². The number of rotatable bonds is 6. The first-order chi connectivity index (χ1) is 14.4. The van der Waals surface area contributed by atoms with Crippen LogP contribution in [0.3, 0.4) is 0 Å². The highest BCUT2D eigenvalue weighted by atomic mass is 19.4. The predicted octanol–water partition coefficient (Wildman–Crippen LogP) is 2.47. The Kier molecular flexibility index (Phi) is 7.31. The zero-order valence-corrected chi connectivity index (χ0v) is 16.0. The normalized spacial score (nSPS) is 16.0. The molecule has 13 heteroatoms. The standard InChI is InChI=1S/C18H18F6N6O/c1-10(14-9-26-4-5-27-14)29-15(31)2-3-28-30-16(25)11-6-12(17(19,20)21)8-13(7-11)18(22,23)24/h2-3,5-10,26,28H,4H2,1H3,(H2,25,30)(H,29,31)/b3-2-. The van der Waals surface area contributed by atoms with Gasteiger partial charge in [-0.3, -0.25) is 15.2 Å². The van der Waals surface area contributed by atoms with Gasteiger partial charge >= 0.3 is 12.4 Å². The highest BCUT2D eigenvalue weighted by Crippen LogP contribution is 2.36. The molecule has 0 saturated carbocycles. The number of alkyl halides is 6. The number of halogens is 6. The van der Waals surface area contributed by atoms with Crippen molar-refractivity contribution >= 4 is 18.0 Å². The molecule has 2 rings (SSSR count). The summed E-state index contributed by atoms with van der Waals surface area (Å²) in [6.45, 7) is 2.26. The fourth-order valence-electron chi connectivity index (χ4n) is 2.36. The molecule has 1 heterocycles. The van der Waals surface area contributed by atoms with Crippen molar-refractivity contribution in [1.29, 1.82) is 0 Å². The Balaban J connectivity index is 2.06. The smallest absolute Gasteiger partial charge is 0.384 e. The lowest BCUT2D eigenvalue weighted by atomic mass is 10.0. The number of benzene rings is 1. The van der Waals surface area contributed by atoms with Gasteiger partial charge in [-0.1, -0.05) is 0 Å². The second-order valence-electron chi connectivity index (χ2n) is 6.27. The van der Waals surface area contributed by atoms with E-state index in [2.05, 4.69) is 26.2 Å². The van der Waals surface area contributed by atoms with Gasteiger partial charge in [0.05, 0.1) is 22.9 Å². The first-order valence-corrected chi connectivity index (χ1v) is 8.69. The zero-order valence-electron chi connectivity index (χ0n) is 16.0. The first kappa shape index (κ1) is 23.8. The van der Waals surface area contributed by atoms with E-state index in [0.717, 1.165) is 12.3 Å². The summed E-state index contributed by atoms with van der Waals surface area (Å²) in [5, 5.41) is 9.01. The van der Waals surface area contributed by atoms with Crippen molar-refractivity contribution in [1.82, 2.24) is 16.1 Å². The number of hydrazone groups is 1. The minimum Gasteiger partial charge on any atom is -0.384 e. The Hall–Kier alpha value is -3.51. The summed E-state index contributed by atoms with van der Waals surface area (Å²) < 4.78 is 77.4. The van der Waals surface area contributed by atoms with Crippen molar-refractivity contribution in [2.45, 2.75) is 25.3 Å². The molecule has 0 saturated heterocycles. The molecule has 31 heavy (non-hydrogen) atoms. The minimum absolute atomic E-state index is 0.0169. The minimum atomic E-state index is -5.01. The first-order valence-electron chi connectivity index (χ1n) is 8.69. The van der Waals surface area contributed by atoms with Gasteiger partial charge in [-0.05, 0) is 25.1 Å². The molecule has 1 aliphatic heterocycles. The van der Waals surface area contributed by atoms with Gasteiger partial charge in [0.15, 0.2) is 5.84 Å². The molecule has 168 valence electrons. The van der Waals surface area contributed by atoms with E-state index in [0.29, 0.717) is 24.4 Å². The van der Waals surface area contributed by atoms with Gasteiger partial charge in [-0.2, -0.15) is 31.4 Å². The van der Waals surface area contributed by atoms with Gasteiger partial charge in [0.2, 0.25) is 5.91 Å². The molecule has 1 aliphatic rings. The molecule has 0 aliphatic carbocycles. The van der Waals surface area contributed by atoms with Crippen molar-refractivity contribution in [2.24, 2.45) is 15.8 Å². The summed E-state index contributed by atoms with van der Waals surface area (Å²) in [6, 6.07) is 0.457. The number of nitrogens with zero attached hydrogens (tertiary/aromatic N) is 2. The van der Waals surface area contributed by atoms with Crippen LogP contribution >= 0.6 is 0 Å². The van der Waals surface area contributed by atoms with Crippen LogP contribution in [0.25, 0.3) is 0 Å². The van der Waals surface area contributed by atoms with E-state index in [4.69, 9.17) is 5.73 Å². The Morgan fingerprint density at radius 1 is 1.19 bits per heavy atom. The summed E-state index contributed by atoms with van der Waals surface area (Å²) in [4.78, 5) is 16.0. The second-order valence-corrected chi connectivity index (χ2v) is 6.27. The lowest BCUT2D eigenvalue weighted by molar-refractivity contribution is -0.143. The maximum Gasteiger partial charge on any atom is 0.416 e. The summed E-state index contributed by atoms with van der Waals surface area (Å²) in [7, 11) is 0. The molecule has 1 aromatic carbocycles. The molecule has 1 amide bonds. The van der Waals surface area contributed by atoms with E-state index in [1.165, 1.54) is 0 Å². The topological polar surface area (TPSA) is 104 Å². The van der Waals surface area contributed by atoms with Crippen molar-refractivity contribution in [2.75, 3.05) is 6.54 Å². The van der Waals surface area contributed by atoms with Crippen LogP contribution in [0.5, 0.6) is 0 Å². The van der Waals surface area contributed by atoms with Crippen LogP contribution in [-0.4, -0.2) is 30.5 Å². The van der Waals surface area contributed by atoms with E-state index in [-0.39, 0.29) is 6.07 Å². The van der Waals surface area contributed by atoms with Crippen LogP contribution in [0.15, 0.2) is 52.5 Å². The highest BCUT2D eigenvalue weighted by Gasteiger charge is 2.37. The number of carbonyl (C=O) groups excluding carboxylic acids is 1. The average Bonchev–Trinajstić information content (AvgIpc) is 2.70. The molecular weight excluding hydrogens is 430 g/mol. The summed E-state index contributed by atoms with van der Waals surface area (Å²) in [5.41, 5.74) is 4.65. The third-order valence-corrected chi connectivity index (χ3v) is 3.88. The molecule has 0 spiro atoms. The van der Waals surface area contributed by atoms with Crippen LogP contribution in [0, 0.1) is 0 Å². The number of aliphatic imine (C=N–C) groups is 1. The number of hydrogen-bond donors (Lipinski definition) is 4. The van der Waals surface area contributed by atoms with Gasteiger partial charge in [0, 0.05) is 36.8 Å². The molecule has 5 N–H and O–H groups in total. The number of hydrogen-bond acceptors (Lipinski definition) is 5. The van der Waals surface area contributed by atoms with Crippen molar-refractivity contribution in [3.63, 3.8) is 0 Å². The monoisotopic (exact) mass is 448 g/mol. The Morgan fingerprint density at radius 2 is 1.81 bits per heavy atom. The van der Waals surface area contributed by atoms with Crippen LogP contribution < -0.4 is 21.8 Å². The highest BCUT2D eigenvalue weighted by molar-refractivity contribution is 5.97. The summed E-state index contributed by atoms with van der Waals surface area (Å²) >= 11 is 0. The average molecular weight is 448 g/mol. The summed E-state index contributed by atoms with van der Waals surface area (Å²) in [6.07, 6.45) is -4.71. The number of nitrogens with one attached hydrogen (secondary N) is 3. The quantitative estimate of drug-likeness (QED) is 0.177. The zero-order chi connectivity index (χ0) is 23.2.